The van der Waals surface area contributed by atoms with Gasteiger partial charge in [0.05, 0.1) is 17.9 Å². The number of aromatic nitrogens is 2. The first-order valence-corrected chi connectivity index (χ1v) is 10.2. The van der Waals surface area contributed by atoms with Crippen LogP contribution in [0.15, 0.2) is 59.4 Å². The highest BCUT2D eigenvalue weighted by atomic mass is 35.5. The Bertz CT molecular complexity index is 1170. The molecular formula is C23H22ClN3O4. The molecule has 1 aromatic heterocycles. The summed E-state index contributed by atoms with van der Waals surface area (Å²) < 4.78 is 6.32. The smallest absolute Gasteiger partial charge is 0.340 e. The maximum Gasteiger partial charge on any atom is 0.340 e. The van der Waals surface area contributed by atoms with E-state index in [2.05, 4.69) is 10.3 Å². The minimum atomic E-state index is -0.538. The van der Waals surface area contributed by atoms with Gasteiger partial charge in [0.15, 0.2) is 0 Å². The molecule has 0 atom stereocenters. The number of esters is 1. The van der Waals surface area contributed by atoms with Gasteiger partial charge in [-0.15, -0.1) is 0 Å². The summed E-state index contributed by atoms with van der Waals surface area (Å²) in [5.41, 5.74) is 1.43. The van der Waals surface area contributed by atoms with Gasteiger partial charge in [-0.3, -0.25) is 14.2 Å². The van der Waals surface area contributed by atoms with Gasteiger partial charge in [-0.25, -0.2) is 9.78 Å². The third kappa shape index (κ3) is 5.38. The number of aryl methyl sites for hydroxylation is 1. The molecule has 1 heterocycles. The van der Waals surface area contributed by atoms with Crippen LogP contribution < -0.4 is 10.9 Å². The summed E-state index contributed by atoms with van der Waals surface area (Å²) >= 11 is 6.11. The van der Waals surface area contributed by atoms with E-state index in [1.165, 1.54) is 10.6 Å². The molecule has 0 bridgehead atoms. The van der Waals surface area contributed by atoms with Crippen molar-refractivity contribution in [1.29, 1.82) is 0 Å². The maximum absolute atomic E-state index is 12.8. The molecule has 0 aliphatic heterocycles. The van der Waals surface area contributed by atoms with Gasteiger partial charge in [0.25, 0.3) is 5.56 Å². The Morgan fingerprint density at radius 2 is 1.87 bits per heavy atom. The van der Waals surface area contributed by atoms with Gasteiger partial charge >= 0.3 is 5.97 Å². The summed E-state index contributed by atoms with van der Waals surface area (Å²) in [5, 5.41) is 3.18. The molecule has 0 spiro atoms. The highest BCUT2D eigenvalue weighted by Crippen LogP contribution is 2.21. The number of nitrogens with one attached hydrogen (secondary N) is 1. The highest BCUT2D eigenvalue weighted by molar-refractivity contribution is 6.30. The number of halogens is 1. The van der Waals surface area contributed by atoms with Crippen molar-refractivity contribution in [3.05, 3.63) is 81.2 Å². The van der Waals surface area contributed by atoms with Crippen LogP contribution in [0.3, 0.4) is 0 Å². The molecule has 31 heavy (non-hydrogen) atoms. The Labute approximate surface area is 184 Å². The lowest BCUT2D eigenvalue weighted by Crippen LogP contribution is -2.30. The molecule has 3 rings (SSSR count). The van der Waals surface area contributed by atoms with Gasteiger partial charge in [0, 0.05) is 22.3 Å². The molecule has 160 valence electrons. The summed E-state index contributed by atoms with van der Waals surface area (Å²) in [4.78, 5) is 42.3. The number of hydrogen-bond donors (Lipinski definition) is 1. The summed E-state index contributed by atoms with van der Waals surface area (Å²) in [6, 6.07) is 14.9. The zero-order chi connectivity index (χ0) is 22.4. The Morgan fingerprint density at radius 3 is 2.58 bits per heavy atom. The third-order valence-corrected chi connectivity index (χ3v) is 4.74. The van der Waals surface area contributed by atoms with Crippen LogP contribution in [0.2, 0.25) is 5.02 Å². The monoisotopic (exact) mass is 439 g/mol. The van der Waals surface area contributed by atoms with E-state index in [9.17, 15) is 14.4 Å². The summed E-state index contributed by atoms with van der Waals surface area (Å²) in [6.07, 6.45) is 0.572. The van der Waals surface area contributed by atoms with Crippen LogP contribution in [0, 0.1) is 0 Å². The van der Waals surface area contributed by atoms with Gasteiger partial charge in [-0.1, -0.05) is 42.8 Å². The van der Waals surface area contributed by atoms with E-state index in [0.717, 1.165) is 0 Å². The van der Waals surface area contributed by atoms with E-state index in [1.54, 1.807) is 55.5 Å². The van der Waals surface area contributed by atoms with E-state index in [4.69, 9.17) is 16.3 Å². The Hall–Kier alpha value is -3.45. The zero-order valence-corrected chi connectivity index (χ0v) is 18.0. The predicted molar refractivity (Wildman–Crippen MR) is 119 cm³/mol. The predicted octanol–water partition coefficient (Wildman–Crippen LogP) is 3.94. The minimum Gasteiger partial charge on any atom is -0.462 e. The van der Waals surface area contributed by atoms with Crippen molar-refractivity contribution in [1.82, 2.24) is 9.55 Å². The fourth-order valence-electron chi connectivity index (χ4n) is 3.05. The van der Waals surface area contributed by atoms with Crippen molar-refractivity contribution in [2.24, 2.45) is 0 Å². The van der Waals surface area contributed by atoms with Crippen LogP contribution in [-0.4, -0.2) is 28.0 Å². The normalized spacial score (nSPS) is 10.5. The van der Waals surface area contributed by atoms with Crippen molar-refractivity contribution in [2.75, 3.05) is 11.9 Å². The van der Waals surface area contributed by atoms with Crippen molar-refractivity contribution < 1.29 is 14.3 Å². The molecule has 0 fully saturated rings. The molecule has 3 aromatic rings. The summed E-state index contributed by atoms with van der Waals surface area (Å²) in [5.74, 6) is -0.669. The van der Waals surface area contributed by atoms with Crippen LogP contribution in [0.5, 0.6) is 0 Å². The topological polar surface area (TPSA) is 90.3 Å². The largest absolute Gasteiger partial charge is 0.462 e. The number of carbonyl (C=O) groups excluding carboxylic acids is 2. The van der Waals surface area contributed by atoms with Gasteiger partial charge in [0.2, 0.25) is 5.91 Å². The molecule has 8 heteroatoms. The summed E-state index contributed by atoms with van der Waals surface area (Å²) in [6.45, 7) is 3.53. The highest BCUT2D eigenvalue weighted by Gasteiger charge is 2.17. The van der Waals surface area contributed by atoms with E-state index < -0.39 is 11.9 Å². The molecule has 2 aromatic carbocycles. The fraction of sp³-hybridized carbons (Fsp3) is 0.217. The van der Waals surface area contributed by atoms with Crippen LogP contribution in [0.4, 0.5) is 5.69 Å². The van der Waals surface area contributed by atoms with E-state index >= 15 is 0 Å². The van der Waals surface area contributed by atoms with Crippen molar-refractivity contribution in [3.8, 4) is 11.4 Å². The SMILES string of the molecule is CCOC(=O)c1ccccc1NC(=O)Cn1c(-c2cccc(Cl)c2)nc(CC)cc1=O. The number of amides is 1. The fourth-order valence-corrected chi connectivity index (χ4v) is 3.24. The number of carbonyl (C=O) groups is 2. The lowest BCUT2D eigenvalue weighted by molar-refractivity contribution is -0.116. The third-order valence-electron chi connectivity index (χ3n) is 4.50. The molecule has 0 saturated carbocycles. The molecule has 0 radical (unpaired) electrons. The second-order valence-electron chi connectivity index (χ2n) is 6.67. The quantitative estimate of drug-likeness (QED) is 0.563. The molecule has 1 N–H and O–H groups in total. The van der Waals surface area contributed by atoms with Gasteiger partial charge < -0.3 is 10.1 Å². The number of para-hydroxylation sites is 1. The lowest BCUT2D eigenvalue weighted by Gasteiger charge is -2.15. The van der Waals surface area contributed by atoms with E-state index in [-0.39, 0.29) is 24.3 Å². The molecule has 1 amide bonds. The standard InChI is InChI=1S/C23H22ClN3O4/c1-3-17-13-21(29)27(22(25-17)15-8-7-9-16(24)12-15)14-20(28)26-19-11-6-5-10-18(19)23(30)31-4-2/h5-13H,3-4,14H2,1-2H3,(H,26,28). The molecule has 7 nitrogen and oxygen atoms in total. The van der Waals surface area contributed by atoms with Crippen molar-refractivity contribution >= 4 is 29.2 Å². The number of rotatable bonds is 7. The molecular weight excluding hydrogens is 418 g/mol. The molecule has 0 aliphatic carbocycles. The van der Waals surface area contributed by atoms with E-state index in [1.807, 2.05) is 6.92 Å². The van der Waals surface area contributed by atoms with Crippen LogP contribution in [0.25, 0.3) is 11.4 Å². The second kappa shape index (κ2) is 10.0. The minimum absolute atomic E-state index is 0.217. The first-order valence-electron chi connectivity index (χ1n) is 9.85. The van der Waals surface area contributed by atoms with Gasteiger partial charge in [-0.2, -0.15) is 0 Å². The lowest BCUT2D eigenvalue weighted by atomic mass is 10.1. The zero-order valence-electron chi connectivity index (χ0n) is 17.2. The second-order valence-corrected chi connectivity index (χ2v) is 7.11. The van der Waals surface area contributed by atoms with Crippen molar-refractivity contribution in [3.63, 3.8) is 0 Å². The molecule has 0 aliphatic rings. The first kappa shape index (κ1) is 22.2. The molecule has 0 unspecified atom stereocenters. The summed E-state index contributed by atoms with van der Waals surface area (Å²) in [7, 11) is 0. The van der Waals surface area contributed by atoms with E-state index in [0.29, 0.717) is 34.2 Å². The number of benzene rings is 2. The first-order chi connectivity index (χ1) is 14.9. The number of ether oxygens (including phenoxy) is 1. The van der Waals surface area contributed by atoms with Gasteiger partial charge in [-0.05, 0) is 37.6 Å². The average molecular weight is 440 g/mol. The number of nitrogens with zero attached hydrogens (tertiary/aromatic N) is 2. The van der Waals surface area contributed by atoms with Crippen LogP contribution in [-0.2, 0) is 22.5 Å². The Balaban J connectivity index is 1.94. The van der Waals surface area contributed by atoms with Crippen molar-refractivity contribution in [2.45, 2.75) is 26.8 Å². The Kier molecular flexibility index (Phi) is 7.20. The van der Waals surface area contributed by atoms with Crippen LogP contribution >= 0.6 is 11.6 Å². The Morgan fingerprint density at radius 1 is 1.10 bits per heavy atom. The van der Waals surface area contributed by atoms with Gasteiger partial charge in [0.1, 0.15) is 12.4 Å². The van der Waals surface area contributed by atoms with Crippen LogP contribution in [0.1, 0.15) is 29.9 Å². The average Bonchev–Trinajstić information content (AvgIpc) is 2.75. The number of anilines is 1. The maximum atomic E-state index is 12.8. The molecule has 0 saturated heterocycles. The number of hydrogen-bond acceptors (Lipinski definition) is 5.